The molecule has 0 saturated heterocycles. The summed E-state index contributed by atoms with van der Waals surface area (Å²) in [6.07, 6.45) is 5.69. The van der Waals surface area contributed by atoms with E-state index in [9.17, 15) is 4.79 Å². The van der Waals surface area contributed by atoms with E-state index in [4.69, 9.17) is 4.74 Å². The van der Waals surface area contributed by atoms with Crippen molar-refractivity contribution >= 4 is 5.78 Å². The topological polar surface area (TPSA) is 26.3 Å². The summed E-state index contributed by atoms with van der Waals surface area (Å²) in [6.45, 7) is 4.19. The van der Waals surface area contributed by atoms with Crippen molar-refractivity contribution in [3.05, 3.63) is 34.9 Å². The molecule has 104 valence electrons. The predicted molar refractivity (Wildman–Crippen MR) is 77.5 cm³/mol. The minimum absolute atomic E-state index is 0.248. The number of ether oxygens (including phenoxy) is 1. The second kappa shape index (κ2) is 5.87. The number of Topliss-reactive ketones (excluding diaryl/α,β-unsaturated/α-hetero) is 1. The van der Waals surface area contributed by atoms with Crippen LogP contribution < -0.4 is 0 Å². The van der Waals surface area contributed by atoms with Gasteiger partial charge in [-0.05, 0) is 43.4 Å². The maximum Gasteiger partial charge on any atom is 0.168 e. The summed E-state index contributed by atoms with van der Waals surface area (Å²) in [6, 6.07) is 6.28. The van der Waals surface area contributed by atoms with Gasteiger partial charge in [-0.1, -0.05) is 37.5 Å². The molecule has 1 aliphatic rings. The second-order valence-corrected chi connectivity index (χ2v) is 5.78. The summed E-state index contributed by atoms with van der Waals surface area (Å²) in [5.41, 5.74) is 3.11. The van der Waals surface area contributed by atoms with Crippen molar-refractivity contribution in [1.82, 2.24) is 0 Å². The van der Waals surface area contributed by atoms with Gasteiger partial charge in [0.15, 0.2) is 5.78 Å². The number of aryl methyl sites for hydroxylation is 2. The van der Waals surface area contributed by atoms with E-state index in [0.29, 0.717) is 6.42 Å². The zero-order chi connectivity index (χ0) is 13.9. The van der Waals surface area contributed by atoms with Crippen molar-refractivity contribution in [1.29, 1.82) is 0 Å². The molecule has 1 aromatic rings. The third-order valence-corrected chi connectivity index (χ3v) is 4.50. The molecule has 0 heterocycles. The van der Waals surface area contributed by atoms with E-state index in [0.717, 1.165) is 31.2 Å². The highest BCUT2D eigenvalue weighted by molar-refractivity contribution is 5.89. The van der Waals surface area contributed by atoms with Gasteiger partial charge in [-0.15, -0.1) is 0 Å². The molecule has 0 N–H and O–H groups in total. The van der Waals surface area contributed by atoms with Gasteiger partial charge in [-0.2, -0.15) is 0 Å². The molecule has 1 saturated carbocycles. The van der Waals surface area contributed by atoms with Crippen LogP contribution in [-0.2, 0) is 16.0 Å². The largest absolute Gasteiger partial charge is 0.370 e. The van der Waals surface area contributed by atoms with Gasteiger partial charge in [0.05, 0.1) is 0 Å². The minimum atomic E-state index is -0.517. The van der Waals surface area contributed by atoms with Gasteiger partial charge in [0.1, 0.15) is 5.60 Å². The highest BCUT2D eigenvalue weighted by Crippen LogP contribution is 2.33. The highest BCUT2D eigenvalue weighted by Gasteiger charge is 2.38. The smallest absolute Gasteiger partial charge is 0.168 e. The van der Waals surface area contributed by atoms with Crippen molar-refractivity contribution in [3.8, 4) is 0 Å². The molecule has 2 heteroatoms. The molecule has 1 aliphatic carbocycles. The van der Waals surface area contributed by atoms with Crippen LogP contribution in [0.5, 0.6) is 0 Å². The summed E-state index contributed by atoms with van der Waals surface area (Å²) >= 11 is 0. The van der Waals surface area contributed by atoms with Gasteiger partial charge in [0.2, 0.25) is 0 Å². The molecule has 1 fully saturated rings. The predicted octanol–water partition coefficient (Wildman–Crippen LogP) is 3.76. The van der Waals surface area contributed by atoms with Crippen molar-refractivity contribution in [3.63, 3.8) is 0 Å². The quantitative estimate of drug-likeness (QED) is 0.824. The lowest BCUT2D eigenvalue weighted by molar-refractivity contribution is -0.144. The van der Waals surface area contributed by atoms with E-state index >= 15 is 0 Å². The van der Waals surface area contributed by atoms with Crippen molar-refractivity contribution in [2.45, 2.75) is 58.0 Å². The first-order chi connectivity index (χ1) is 9.07. The van der Waals surface area contributed by atoms with Gasteiger partial charge in [0.25, 0.3) is 0 Å². The van der Waals surface area contributed by atoms with Crippen LogP contribution in [0.2, 0.25) is 0 Å². The second-order valence-electron chi connectivity index (χ2n) is 5.78. The minimum Gasteiger partial charge on any atom is -0.370 e. The lowest BCUT2D eigenvalue weighted by Gasteiger charge is -2.34. The van der Waals surface area contributed by atoms with Crippen LogP contribution in [0.15, 0.2) is 18.2 Å². The van der Waals surface area contributed by atoms with Gasteiger partial charge in [0, 0.05) is 13.5 Å². The van der Waals surface area contributed by atoms with Crippen LogP contribution in [0, 0.1) is 13.8 Å². The first-order valence-corrected chi connectivity index (χ1v) is 7.22. The first kappa shape index (κ1) is 14.3. The van der Waals surface area contributed by atoms with E-state index in [-0.39, 0.29) is 5.78 Å². The van der Waals surface area contributed by atoms with Crippen molar-refractivity contribution < 1.29 is 9.53 Å². The lowest BCUT2D eigenvalue weighted by Crippen LogP contribution is -2.43. The summed E-state index contributed by atoms with van der Waals surface area (Å²) in [7, 11) is 1.68. The Morgan fingerprint density at radius 1 is 1.16 bits per heavy atom. The molecule has 0 aliphatic heterocycles. The molecule has 0 spiro atoms. The van der Waals surface area contributed by atoms with E-state index < -0.39 is 5.60 Å². The lowest BCUT2D eigenvalue weighted by atomic mass is 9.79. The van der Waals surface area contributed by atoms with E-state index in [1.54, 1.807) is 7.11 Å². The number of carbonyl (C=O) groups excluding carboxylic acids is 1. The molecule has 0 amide bonds. The number of rotatable bonds is 4. The third-order valence-electron chi connectivity index (χ3n) is 4.50. The van der Waals surface area contributed by atoms with Crippen molar-refractivity contribution in [2.24, 2.45) is 0 Å². The summed E-state index contributed by atoms with van der Waals surface area (Å²) in [4.78, 5) is 12.6. The Morgan fingerprint density at radius 3 is 2.42 bits per heavy atom. The zero-order valence-electron chi connectivity index (χ0n) is 12.3. The first-order valence-electron chi connectivity index (χ1n) is 7.22. The van der Waals surface area contributed by atoms with Crippen LogP contribution in [0.25, 0.3) is 0 Å². The van der Waals surface area contributed by atoms with E-state index in [1.165, 1.54) is 17.5 Å². The molecule has 1 aromatic carbocycles. The average molecular weight is 260 g/mol. The zero-order valence-corrected chi connectivity index (χ0v) is 12.3. The van der Waals surface area contributed by atoms with Crippen LogP contribution in [0.3, 0.4) is 0 Å². The number of benzene rings is 1. The Balaban J connectivity index is 2.12. The van der Waals surface area contributed by atoms with E-state index in [1.807, 2.05) is 0 Å². The molecule has 0 bridgehead atoms. The van der Waals surface area contributed by atoms with Gasteiger partial charge >= 0.3 is 0 Å². The van der Waals surface area contributed by atoms with Crippen LogP contribution in [0.1, 0.15) is 48.8 Å². The van der Waals surface area contributed by atoms with Gasteiger partial charge in [-0.25, -0.2) is 0 Å². The molecule has 0 aromatic heterocycles. The summed E-state index contributed by atoms with van der Waals surface area (Å²) in [5, 5.41) is 0. The normalized spacial score (nSPS) is 18.3. The molecule has 2 nitrogen and oxygen atoms in total. The Labute approximate surface area is 116 Å². The van der Waals surface area contributed by atoms with Gasteiger partial charge in [-0.3, -0.25) is 4.79 Å². The van der Waals surface area contributed by atoms with Crippen LogP contribution >= 0.6 is 0 Å². The average Bonchev–Trinajstić information content (AvgIpc) is 2.43. The molecule has 2 rings (SSSR count). The van der Waals surface area contributed by atoms with Gasteiger partial charge < -0.3 is 4.74 Å². The fraction of sp³-hybridized carbons (Fsp3) is 0.588. The maximum atomic E-state index is 12.6. The summed E-state index contributed by atoms with van der Waals surface area (Å²) < 4.78 is 5.62. The highest BCUT2D eigenvalue weighted by atomic mass is 16.5. The number of carbonyl (C=O) groups is 1. The molecule has 0 unspecified atom stereocenters. The number of ketones is 1. The standard InChI is InChI=1S/C17H24O2/c1-13-7-8-15(11-14(13)2)12-16(18)17(19-3)9-5-4-6-10-17/h7-8,11H,4-6,9-10,12H2,1-3H3. The Hall–Kier alpha value is -1.15. The Morgan fingerprint density at radius 2 is 1.84 bits per heavy atom. The number of hydrogen-bond acceptors (Lipinski definition) is 2. The number of hydrogen-bond donors (Lipinski definition) is 0. The monoisotopic (exact) mass is 260 g/mol. The van der Waals surface area contributed by atoms with Crippen LogP contribution in [0.4, 0.5) is 0 Å². The molecular weight excluding hydrogens is 236 g/mol. The van der Waals surface area contributed by atoms with Crippen LogP contribution in [-0.4, -0.2) is 18.5 Å². The fourth-order valence-corrected chi connectivity index (χ4v) is 2.98. The molecule has 19 heavy (non-hydrogen) atoms. The molecular formula is C17H24O2. The number of methoxy groups -OCH3 is 1. The fourth-order valence-electron chi connectivity index (χ4n) is 2.98. The third kappa shape index (κ3) is 3.06. The molecule has 0 radical (unpaired) electrons. The Kier molecular flexibility index (Phi) is 4.41. The SMILES string of the molecule is COC1(C(=O)Cc2ccc(C)c(C)c2)CCCCC1. The summed E-state index contributed by atoms with van der Waals surface area (Å²) in [5.74, 6) is 0.248. The van der Waals surface area contributed by atoms with E-state index in [2.05, 4.69) is 32.0 Å². The molecule has 0 atom stereocenters. The maximum absolute atomic E-state index is 12.6. The Bertz CT molecular complexity index is 456. The van der Waals surface area contributed by atoms with Crippen molar-refractivity contribution in [2.75, 3.05) is 7.11 Å².